The fraction of sp³-hybridized carbons (Fsp3) is 0.500. The Hall–Kier alpha value is -1.81. The predicted octanol–water partition coefficient (Wildman–Crippen LogP) is 4.35. The molecule has 0 radical (unpaired) electrons. The highest BCUT2D eigenvalue weighted by Crippen LogP contribution is 2.30. The Balaban J connectivity index is 0.00000320. The van der Waals surface area contributed by atoms with Gasteiger partial charge in [-0.05, 0) is 69.4 Å². The van der Waals surface area contributed by atoms with Crippen LogP contribution in [0.15, 0.2) is 46.0 Å². The summed E-state index contributed by atoms with van der Waals surface area (Å²) < 4.78 is 25.2. The summed E-state index contributed by atoms with van der Waals surface area (Å²) in [5, 5.41) is 17.0. The van der Waals surface area contributed by atoms with Crippen molar-refractivity contribution in [1.82, 2.24) is 10.6 Å². The number of nitrogens with one attached hydrogen (secondary N) is 2. The first-order valence-electron chi connectivity index (χ1n) is 10.1. The number of hydrogen-bond acceptors (Lipinski definition) is 4. The lowest BCUT2D eigenvalue weighted by Gasteiger charge is -2.22. The standard InChI is InChI=1S/C22H30FN3O3.HI/c1-4-24-21(25-14-22(3,27)20-6-5-11-28-20)26-15(2)17-9-10-19(18(23)12-17)29-13-16-7-8-16;/h5-6,9-12,15-16,27H,4,7-8,13-14H2,1-3H3,(H2,24,25,26);1H. The minimum absolute atomic E-state index is 0. The zero-order chi connectivity index (χ0) is 20.9. The van der Waals surface area contributed by atoms with Crippen LogP contribution >= 0.6 is 24.0 Å². The van der Waals surface area contributed by atoms with E-state index in [-0.39, 0.29) is 42.4 Å². The largest absolute Gasteiger partial charge is 0.490 e. The molecule has 3 rings (SSSR count). The van der Waals surface area contributed by atoms with Gasteiger partial charge in [0.05, 0.1) is 25.5 Å². The molecule has 30 heavy (non-hydrogen) atoms. The van der Waals surface area contributed by atoms with E-state index >= 15 is 0 Å². The average Bonchev–Trinajstić information content (AvgIpc) is 3.34. The van der Waals surface area contributed by atoms with Crippen LogP contribution in [0, 0.1) is 11.7 Å². The topological polar surface area (TPSA) is 79.0 Å². The molecule has 2 unspecified atom stereocenters. The van der Waals surface area contributed by atoms with E-state index in [4.69, 9.17) is 9.15 Å². The molecule has 3 N–H and O–H groups in total. The van der Waals surface area contributed by atoms with E-state index in [1.54, 1.807) is 25.1 Å². The molecule has 0 bridgehead atoms. The average molecular weight is 531 g/mol. The zero-order valence-electron chi connectivity index (χ0n) is 17.7. The van der Waals surface area contributed by atoms with E-state index in [1.165, 1.54) is 25.2 Å². The number of rotatable bonds is 9. The van der Waals surface area contributed by atoms with Crippen LogP contribution in [-0.4, -0.2) is 30.8 Å². The lowest BCUT2D eigenvalue weighted by atomic mass is 10.0. The quantitative estimate of drug-likeness (QED) is 0.255. The van der Waals surface area contributed by atoms with Crippen molar-refractivity contribution in [2.75, 3.05) is 19.7 Å². The molecule has 1 aromatic heterocycles. The molecule has 1 saturated carbocycles. The molecule has 0 aliphatic heterocycles. The highest BCUT2D eigenvalue weighted by atomic mass is 127. The van der Waals surface area contributed by atoms with E-state index in [1.807, 2.05) is 19.9 Å². The number of halogens is 2. The highest BCUT2D eigenvalue weighted by Gasteiger charge is 2.26. The molecule has 6 nitrogen and oxygen atoms in total. The van der Waals surface area contributed by atoms with Gasteiger partial charge in [0.25, 0.3) is 0 Å². The maximum Gasteiger partial charge on any atom is 0.191 e. The third kappa shape index (κ3) is 6.87. The van der Waals surface area contributed by atoms with Crippen molar-refractivity contribution in [3.8, 4) is 5.75 Å². The SMILES string of the molecule is CCNC(=NCC(C)(O)c1ccco1)NC(C)c1ccc(OCC2CC2)c(F)c1.I. The molecule has 0 spiro atoms. The first kappa shape index (κ1) is 24.5. The fourth-order valence-corrected chi connectivity index (χ4v) is 2.90. The van der Waals surface area contributed by atoms with Gasteiger partial charge in [-0.3, -0.25) is 0 Å². The Bertz CT molecular complexity index is 823. The van der Waals surface area contributed by atoms with Crippen LogP contribution in [0.1, 0.15) is 51.0 Å². The smallest absolute Gasteiger partial charge is 0.191 e. The lowest BCUT2D eigenvalue weighted by Crippen LogP contribution is -2.40. The van der Waals surface area contributed by atoms with Crippen LogP contribution in [0.4, 0.5) is 4.39 Å². The van der Waals surface area contributed by atoms with Crippen LogP contribution < -0.4 is 15.4 Å². The number of nitrogens with zero attached hydrogens (tertiary/aromatic N) is 1. The number of aliphatic imine (C=N–C) groups is 1. The van der Waals surface area contributed by atoms with Gasteiger partial charge < -0.3 is 24.9 Å². The molecule has 1 fully saturated rings. The van der Waals surface area contributed by atoms with Crippen molar-refractivity contribution in [2.45, 2.75) is 45.3 Å². The van der Waals surface area contributed by atoms with Crippen molar-refractivity contribution in [1.29, 1.82) is 0 Å². The van der Waals surface area contributed by atoms with Crippen molar-refractivity contribution in [2.24, 2.45) is 10.9 Å². The van der Waals surface area contributed by atoms with Gasteiger partial charge in [0.1, 0.15) is 11.4 Å². The number of guanidine groups is 1. The van der Waals surface area contributed by atoms with Crippen molar-refractivity contribution in [3.63, 3.8) is 0 Å². The third-order valence-corrected chi connectivity index (χ3v) is 4.92. The summed E-state index contributed by atoms with van der Waals surface area (Å²) in [7, 11) is 0. The summed E-state index contributed by atoms with van der Waals surface area (Å²) in [5.41, 5.74) is -0.438. The van der Waals surface area contributed by atoms with Gasteiger partial charge in [-0.2, -0.15) is 0 Å². The minimum Gasteiger partial charge on any atom is -0.490 e. The summed E-state index contributed by atoms with van der Waals surface area (Å²) >= 11 is 0. The van der Waals surface area contributed by atoms with E-state index < -0.39 is 5.60 Å². The monoisotopic (exact) mass is 531 g/mol. The normalized spacial score (nSPS) is 16.9. The van der Waals surface area contributed by atoms with Gasteiger partial charge in [-0.25, -0.2) is 9.38 Å². The van der Waals surface area contributed by atoms with Gasteiger partial charge in [0.2, 0.25) is 0 Å². The number of aliphatic hydroxyl groups is 1. The van der Waals surface area contributed by atoms with Crippen LogP contribution in [0.25, 0.3) is 0 Å². The van der Waals surface area contributed by atoms with Crippen LogP contribution in [0.3, 0.4) is 0 Å². The summed E-state index contributed by atoms with van der Waals surface area (Å²) in [6.45, 7) is 6.89. The molecule has 2 atom stereocenters. The van der Waals surface area contributed by atoms with Gasteiger partial charge >= 0.3 is 0 Å². The molecule has 1 aliphatic carbocycles. The summed E-state index contributed by atoms with van der Waals surface area (Å²) in [4.78, 5) is 4.47. The first-order chi connectivity index (χ1) is 13.9. The molecular formula is C22H31FIN3O3. The van der Waals surface area contributed by atoms with Gasteiger partial charge in [0, 0.05) is 6.54 Å². The second-order valence-corrected chi connectivity index (χ2v) is 7.76. The fourth-order valence-electron chi connectivity index (χ4n) is 2.90. The molecule has 1 aromatic carbocycles. The van der Waals surface area contributed by atoms with Crippen molar-refractivity contribution in [3.05, 3.63) is 53.7 Å². The predicted molar refractivity (Wildman–Crippen MR) is 126 cm³/mol. The molecule has 166 valence electrons. The number of benzene rings is 1. The maximum atomic E-state index is 14.4. The lowest BCUT2D eigenvalue weighted by molar-refractivity contribution is 0.0437. The second kappa shape index (κ2) is 11.0. The number of ether oxygens (including phenoxy) is 1. The van der Waals surface area contributed by atoms with Crippen molar-refractivity contribution >= 4 is 29.9 Å². The van der Waals surface area contributed by atoms with E-state index in [9.17, 15) is 9.50 Å². The van der Waals surface area contributed by atoms with E-state index in [0.29, 0.717) is 36.5 Å². The van der Waals surface area contributed by atoms with Crippen molar-refractivity contribution < 1.29 is 18.7 Å². The zero-order valence-corrected chi connectivity index (χ0v) is 20.0. The highest BCUT2D eigenvalue weighted by molar-refractivity contribution is 14.0. The van der Waals surface area contributed by atoms with Gasteiger partial charge in [-0.1, -0.05) is 6.07 Å². The molecular weight excluding hydrogens is 500 g/mol. The van der Waals surface area contributed by atoms with Crippen LogP contribution in [0.2, 0.25) is 0 Å². The summed E-state index contributed by atoms with van der Waals surface area (Å²) in [5.74, 6) is 1.49. The Morgan fingerprint density at radius 2 is 2.17 bits per heavy atom. The molecule has 8 heteroatoms. The van der Waals surface area contributed by atoms with Crippen LogP contribution in [0.5, 0.6) is 5.75 Å². The Morgan fingerprint density at radius 3 is 2.77 bits per heavy atom. The van der Waals surface area contributed by atoms with E-state index in [0.717, 1.165) is 5.56 Å². The third-order valence-electron chi connectivity index (χ3n) is 4.92. The van der Waals surface area contributed by atoms with Gasteiger partial charge in [0.15, 0.2) is 17.5 Å². The molecule has 0 saturated heterocycles. The number of hydrogen-bond donors (Lipinski definition) is 3. The number of furan rings is 1. The second-order valence-electron chi connectivity index (χ2n) is 7.76. The summed E-state index contributed by atoms with van der Waals surface area (Å²) in [6.07, 6.45) is 3.85. The Morgan fingerprint density at radius 1 is 1.40 bits per heavy atom. The van der Waals surface area contributed by atoms with E-state index in [2.05, 4.69) is 15.6 Å². The first-order valence-corrected chi connectivity index (χ1v) is 10.1. The molecule has 1 aliphatic rings. The summed E-state index contributed by atoms with van der Waals surface area (Å²) in [6, 6.07) is 8.28. The maximum absolute atomic E-state index is 14.4. The Kier molecular flexibility index (Phi) is 8.96. The van der Waals surface area contributed by atoms with Crippen LogP contribution in [-0.2, 0) is 5.60 Å². The minimum atomic E-state index is -1.22. The van der Waals surface area contributed by atoms with Gasteiger partial charge in [-0.15, -0.1) is 24.0 Å². The molecule has 1 heterocycles. The molecule has 0 amide bonds. The molecule has 2 aromatic rings. The Labute approximate surface area is 194 Å².